The molecule has 0 unspecified atom stereocenters. The third-order valence-electron chi connectivity index (χ3n) is 3.10. The quantitative estimate of drug-likeness (QED) is 0.688. The standard InChI is InChI=1S/C12H22N2O3/c1-11(2,3)17-10(15)14-6-4-12(9-14)8-13-5-7-16-12/h13H,4-9H2,1-3H3/t12-/m0/s1. The molecule has 2 rings (SSSR count). The predicted octanol–water partition coefficient (Wildman–Crippen LogP) is 0.986. The fourth-order valence-corrected chi connectivity index (χ4v) is 2.30. The third kappa shape index (κ3) is 3.10. The van der Waals surface area contributed by atoms with E-state index in [2.05, 4.69) is 5.32 Å². The number of nitrogens with zero attached hydrogens (tertiary/aromatic N) is 1. The number of rotatable bonds is 0. The molecule has 2 aliphatic heterocycles. The van der Waals surface area contributed by atoms with Crippen molar-refractivity contribution in [3.05, 3.63) is 0 Å². The molecule has 1 amide bonds. The summed E-state index contributed by atoms with van der Waals surface area (Å²) in [6, 6.07) is 0. The second kappa shape index (κ2) is 4.46. The summed E-state index contributed by atoms with van der Waals surface area (Å²) in [5.41, 5.74) is -0.617. The molecular weight excluding hydrogens is 220 g/mol. The number of amides is 1. The number of ether oxygens (including phenoxy) is 2. The lowest BCUT2D eigenvalue weighted by Crippen LogP contribution is -2.52. The Morgan fingerprint density at radius 3 is 2.82 bits per heavy atom. The molecule has 17 heavy (non-hydrogen) atoms. The van der Waals surface area contributed by atoms with Gasteiger partial charge in [-0.1, -0.05) is 0 Å². The number of carbonyl (C=O) groups excluding carboxylic acids is 1. The van der Waals surface area contributed by atoms with E-state index in [1.165, 1.54) is 0 Å². The van der Waals surface area contributed by atoms with Gasteiger partial charge in [0.25, 0.3) is 0 Å². The molecule has 5 nitrogen and oxygen atoms in total. The van der Waals surface area contributed by atoms with Crippen LogP contribution in [0.25, 0.3) is 0 Å². The summed E-state index contributed by atoms with van der Waals surface area (Å²) >= 11 is 0. The van der Waals surface area contributed by atoms with E-state index in [1.807, 2.05) is 20.8 Å². The number of hydrogen-bond donors (Lipinski definition) is 1. The fraction of sp³-hybridized carbons (Fsp3) is 0.917. The van der Waals surface area contributed by atoms with E-state index in [1.54, 1.807) is 4.90 Å². The Morgan fingerprint density at radius 2 is 2.24 bits per heavy atom. The van der Waals surface area contributed by atoms with Gasteiger partial charge in [0.05, 0.1) is 18.8 Å². The van der Waals surface area contributed by atoms with Crippen molar-refractivity contribution in [2.24, 2.45) is 0 Å². The zero-order valence-electron chi connectivity index (χ0n) is 10.9. The van der Waals surface area contributed by atoms with Crippen LogP contribution in [0.2, 0.25) is 0 Å². The van der Waals surface area contributed by atoms with Crippen molar-refractivity contribution in [1.82, 2.24) is 10.2 Å². The molecule has 0 bridgehead atoms. The lowest BCUT2D eigenvalue weighted by atomic mass is 10.0. The van der Waals surface area contributed by atoms with Crippen LogP contribution in [0.5, 0.6) is 0 Å². The summed E-state index contributed by atoms with van der Waals surface area (Å²) in [4.78, 5) is 13.7. The largest absolute Gasteiger partial charge is 0.444 e. The maximum atomic E-state index is 11.9. The Labute approximate surface area is 102 Å². The van der Waals surface area contributed by atoms with Crippen LogP contribution in [0.4, 0.5) is 4.79 Å². The van der Waals surface area contributed by atoms with Gasteiger partial charge in [0.1, 0.15) is 5.60 Å². The molecule has 0 aromatic carbocycles. The van der Waals surface area contributed by atoms with Crippen LogP contribution >= 0.6 is 0 Å². The lowest BCUT2D eigenvalue weighted by Gasteiger charge is -2.34. The highest BCUT2D eigenvalue weighted by molar-refractivity contribution is 5.68. The first-order valence-electron chi connectivity index (χ1n) is 6.23. The van der Waals surface area contributed by atoms with Gasteiger partial charge < -0.3 is 19.7 Å². The van der Waals surface area contributed by atoms with Crippen LogP contribution in [0.3, 0.4) is 0 Å². The maximum Gasteiger partial charge on any atom is 0.410 e. The van der Waals surface area contributed by atoms with Crippen LogP contribution in [-0.2, 0) is 9.47 Å². The SMILES string of the molecule is CC(C)(C)OC(=O)N1CC[C@]2(CNCCO2)C1. The molecule has 1 atom stereocenters. The van der Waals surface area contributed by atoms with E-state index in [0.29, 0.717) is 6.54 Å². The molecule has 98 valence electrons. The molecule has 2 saturated heterocycles. The van der Waals surface area contributed by atoms with E-state index >= 15 is 0 Å². The van der Waals surface area contributed by atoms with Crippen molar-refractivity contribution < 1.29 is 14.3 Å². The van der Waals surface area contributed by atoms with Crippen molar-refractivity contribution in [3.8, 4) is 0 Å². The Bertz CT molecular complexity index is 293. The van der Waals surface area contributed by atoms with Crippen molar-refractivity contribution in [2.45, 2.75) is 38.4 Å². The Morgan fingerprint density at radius 1 is 1.47 bits per heavy atom. The van der Waals surface area contributed by atoms with Gasteiger partial charge >= 0.3 is 6.09 Å². The van der Waals surface area contributed by atoms with Gasteiger partial charge in [0.2, 0.25) is 0 Å². The number of carbonyl (C=O) groups is 1. The molecular formula is C12H22N2O3. The molecule has 0 radical (unpaired) electrons. The minimum atomic E-state index is -0.432. The highest BCUT2D eigenvalue weighted by Crippen LogP contribution is 2.27. The fourth-order valence-electron chi connectivity index (χ4n) is 2.30. The summed E-state index contributed by atoms with van der Waals surface area (Å²) in [7, 11) is 0. The van der Waals surface area contributed by atoms with Crippen LogP contribution in [0.15, 0.2) is 0 Å². The Hall–Kier alpha value is -0.810. The van der Waals surface area contributed by atoms with Crippen molar-refractivity contribution >= 4 is 6.09 Å². The summed E-state index contributed by atoms with van der Waals surface area (Å²) in [6.07, 6.45) is 0.655. The summed E-state index contributed by atoms with van der Waals surface area (Å²) in [5.74, 6) is 0. The molecule has 0 aromatic heterocycles. The summed E-state index contributed by atoms with van der Waals surface area (Å²) in [5, 5.41) is 3.32. The van der Waals surface area contributed by atoms with Crippen LogP contribution < -0.4 is 5.32 Å². The minimum Gasteiger partial charge on any atom is -0.444 e. The van der Waals surface area contributed by atoms with Crippen molar-refractivity contribution in [3.63, 3.8) is 0 Å². The average molecular weight is 242 g/mol. The molecule has 2 fully saturated rings. The molecule has 0 saturated carbocycles. The lowest BCUT2D eigenvalue weighted by molar-refractivity contribution is -0.0584. The zero-order chi connectivity index (χ0) is 12.5. The molecule has 1 spiro atoms. The van der Waals surface area contributed by atoms with Gasteiger partial charge in [0.15, 0.2) is 0 Å². The highest BCUT2D eigenvalue weighted by Gasteiger charge is 2.43. The van der Waals surface area contributed by atoms with E-state index in [9.17, 15) is 4.79 Å². The second-order valence-corrected chi connectivity index (χ2v) is 5.86. The zero-order valence-corrected chi connectivity index (χ0v) is 10.9. The van der Waals surface area contributed by atoms with E-state index in [4.69, 9.17) is 9.47 Å². The second-order valence-electron chi connectivity index (χ2n) is 5.86. The minimum absolute atomic E-state index is 0.185. The molecule has 2 aliphatic rings. The molecule has 1 N–H and O–H groups in total. The monoisotopic (exact) mass is 242 g/mol. The number of nitrogens with one attached hydrogen (secondary N) is 1. The Kier molecular flexibility index (Phi) is 3.32. The smallest absolute Gasteiger partial charge is 0.410 e. The summed E-state index contributed by atoms with van der Waals surface area (Å²) < 4.78 is 11.2. The molecule has 2 heterocycles. The average Bonchev–Trinajstić information content (AvgIpc) is 2.61. The van der Waals surface area contributed by atoms with Gasteiger partial charge in [-0.3, -0.25) is 0 Å². The first kappa shape index (κ1) is 12.6. The first-order valence-corrected chi connectivity index (χ1v) is 6.23. The maximum absolute atomic E-state index is 11.9. The van der Waals surface area contributed by atoms with E-state index in [0.717, 1.165) is 32.7 Å². The van der Waals surface area contributed by atoms with Crippen molar-refractivity contribution in [2.75, 3.05) is 32.8 Å². The first-order chi connectivity index (χ1) is 7.90. The molecule has 0 aromatic rings. The van der Waals surface area contributed by atoms with E-state index in [-0.39, 0.29) is 11.7 Å². The number of morpholine rings is 1. The van der Waals surface area contributed by atoms with Gasteiger partial charge in [-0.15, -0.1) is 0 Å². The topological polar surface area (TPSA) is 50.8 Å². The predicted molar refractivity (Wildman–Crippen MR) is 64.0 cm³/mol. The van der Waals surface area contributed by atoms with Crippen LogP contribution in [0, 0.1) is 0 Å². The van der Waals surface area contributed by atoms with Crippen LogP contribution in [0.1, 0.15) is 27.2 Å². The molecule has 5 heteroatoms. The van der Waals surface area contributed by atoms with Gasteiger partial charge in [-0.25, -0.2) is 4.79 Å². The van der Waals surface area contributed by atoms with E-state index < -0.39 is 5.60 Å². The van der Waals surface area contributed by atoms with Crippen molar-refractivity contribution in [1.29, 1.82) is 0 Å². The summed E-state index contributed by atoms with van der Waals surface area (Å²) in [6.45, 7) is 9.45. The number of likely N-dealkylation sites (tertiary alicyclic amines) is 1. The van der Waals surface area contributed by atoms with Gasteiger partial charge in [0, 0.05) is 19.6 Å². The van der Waals surface area contributed by atoms with Gasteiger partial charge in [-0.05, 0) is 27.2 Å². The normalized spacial score (nSPS) is 29.7. The third-order valence-corrected chi connectivity index (χ3v) is 3.10. The van der Waals surface area contributed by atoms with Gasteiger partial charge in [-0.2, -0.15) is 0 Å². The van der Waals surface area contributed by atoms with Crippen LogP contribution in [-0.4, -0.2) is 55.0 Å². The molecule has 0 aliphatic carbocycles. The highest BCUT2D eigenvalue weighted by atomic mass is 16.6. The Balaban J connectivity index is 1.91. The number of hydrogen-bond acceptors (Lipinski definition) is 4.